The molecule has 0 amide bonds. The summed E-state index contributed by atoms with van der Waals surface area (Å²) in [5.41, 5.74) is 17.1. The molecule has 2 nitrogen and oxygen atoms in total. The van der Waals surface area contributed by atoms with Crippen molar-refractivity contribution < 1.29 is 4.42 Å². The average Bonchev–Trinajstić information content (AvgIpc) is 3.86. The van der Waals surface area contributed by atoms with Crippen molar-refractivity contribution in [3.63, 3.8) is 0 Å². The zero-order valence-corrected chi connectivity index (χ0v) is 33.4. The van der Waals surface area contributed by atoms with Crippen LogP contribution in [0.3, 0.4) is 0 Å². The second-order valence-electron chi connectivity index (χ2n) is 16.0. The van der Waals surface area contributed by atoms with Crippen molar-refractivity contribution in [1.29, 1.82) is 0 Å². The van der Waals surface area contributed by atoms with Crippen LogP contribution in [0.2, 0.25) is 0 Å². The van der Waals surface area contributed by atoms with Crippen molar-refractivity contribution in [1.82, 2.24) is 0 Å². The number of hydrogen-bond donors (Lipinski definition) is 0. The molecule has 0 fully saturated rings. The number of rotatable bonds is 7. The molecule has 0 saturated heterocycles. The van der Waals surface area contributed by atoms with Gasteiger partial charge in [-0.2, -0.15) is 0 Å². The molecule has 1 heterocycles. The molecular weight excluding hydrogens is 739 g/mol. The number of para-hydroxylation sites is 1. The molecule has 0 spiro atoms. The summed E-state index contributed by atoms with van der Waals surface area (Å²) >= 11 is 0. The van der Waals surface area contributed by atoms with E-state index in [9.17, 15) is 0 Å². The fraction of sp³-hybridized carbons (Fsp3) is 0.0169. The van der Waals surface area contributed by atoms with Crippen LogP contribution in [-0.2, 0) is 5.41 Å². The fourth-order valence-corrected chi connectivity index (χ4v) is 10.00. The van der Waals surface area contributed by atoms with Gasteiger partial charge in [0.1, 0.15) is 11.2 Å². The number of fused-ring (bicyclic) bond motifs is 7. The first-order valence-electron chi connectivity index (χ1n) is 21.0. The molecule has 12 rings (SSSR count). The molecule has 1 aliphatic rings. The lowest BCUT2D eigenvalue weighted by Crippen LogP contribution is -2.28. The zero-order valence-electron chi connectivity index (χ0n) is 33.4. The predicted molar refractivity (Wildman–Crippen MR) is 254 cm³/mol. The molecule has 1 aliphatic carbocycles. The van der Waals surface area contributed by atoms with Crippen molar-refractivity contribution in [2.45, 2.75) is 5.41 Å². The Balaban J connectivity index is 0.984. The second kappa shape index (κ2) is 14.1. The molecule has 286 valence electrons. The minimum atomic E-state index is -0.457. The normalized spacial score (nSPS) is 12.7. The summed E-state index contributed by atoms with van der Waals surface area (Å²) in [6, 6.07) is 86.1. The number of anilines is 3. The molecule has 0 aliphatic heterocycles. The van der Waals surface area contributed by atoms with Crippen LogP contribution >= 0.6 is 0 Å². The van der Waals surface area contributed by atoms with E-state index in [-0.39, 0.29) is 0 Å². The summed E-state index contributed by atoms with van der Waals surface area (Å²) in [5, 5.41) is 4.76. The van der Waals surface area contributed by atoms with E-state index >= 15 is 0 Å². The number of nitrogens with zero attached hydrogens (tertiary/aromatic N) is 1. The van der Waals surface area contributed by atoms with Crippen molar-refractivity contribution in [3.05, 3.63) is 259 Å². The standard InChI is InChI=1S/C59H39NO/c1-2-15-44(16-3-1)59(55-22-9-6-18-51(55)52-19-7-10-23-56(52)59)45-30-36-48(37-31-45)60(47-34-27-42(28-35-47)50-21-12-14-41-13-4-5-17-49(41)50)46-32-25-40(26-33-46)43-29-38-58-54(39-43)53-20-8-11-24-57(53)61-58/h1-39H. The van der Waals surface area contributed by atoms with Crippen molar-refractivity contribution in [3.8, 4) is 33.4 Å². The lowest BCUT2D eigenvalue weighted by molar-refractivity contribution is 0.669. The van der Waals surface area contributed by atoms with Gasteiger partial charge in [-0.15, -0.1) is 0 Å². The topological polar surface area (TPSA) is 16.4 Å². The molecule has 0 bridgehead atoms. The van der Waals surface area contributed by atoms with Crippen LogP contribution in [0.5, 0.6) is 0 Å². The Hall–Kier alpha value is -7.94. The predicted octanol–water partition coefficient (Wildman–Crippen LogP) is 15.9. The summed E-state index contributed by atoms with van der Waals surface area (Å²) in [5.74, 6) is 0. The number of benzene rings is 10. The minimum Gasteiger partial charge on any atom is -0.456 e. The highest BCUT2D eigenvalue weighted by atomic mass is 16.3. The van der Waals surface area contributed by atoms with E-state index in [1.165, 1.54) is 55.3 Å². The van der Waals surface area contributed by atoms with Gasteiger partial charge in [0, 0.05) is 27.8 Å². The van der Waals surface area contributed by atoms with Crippen LogP contribution in [0.25, 0.3) is 66.1 Å². The Morgan fingerprint density at radius 3 is 1.51 bits per heavy atom. The SMILES string of the molecule is c1ccc(C2(c3ccc(N(c4ccc(-c5ccc6oc7ccccc7c6c5)cc4)c4ccc(-c5cccc6ccccc56)cc4)cc3)c3ccccc3-c3ccccc32)cc1. The highest BCUT2D eigenvalue weighted by molar-refractivity contribution is 6.06. The molecule has 11 aromatic rings. The molecule has 0 saturated carbocycles. The van der Waals surface area contributed by atoms with E-state index in [4.69, 9.17) is 4.42 Å². The van der Waals surface area contributed by atoms with E-state index < -0.39 is 5.41 Å². The molecule has 0 N–H and O–H groups in total. The summed E-state index contributed by atoms with van der Waals surface area (Å²) in [6.07, 6.45) is 0. The van der Waals surface area contributed by atoms with E-state index in [2.05, 4.69) is 229 Å². The summed E-state index contributed by atoms with van der Waals surface area (Å²) in [7, 11) is 0. The minimum absolute atomic E-state index is 0.457. The first kappa shape index (κ1) is 35.0. The third-order valence-corrected chi connectivity index (χ3v) is 12.8. The molecular formula is C59H39NO. The molecule has 1 aromatic heterocycles. The van der Waals surface area contributed by atoms with E-state index in [0.29, 0.717) is 0 Å². The van der Waals surface area contributed by atoms with Gasteiger partial charge >= 0.3 is 0 Å². The van der Waals surface area contributed by atoms with Crippen LogP contribution in [0.1, 0.15) is 22.3 Å². The first-order valence-corrected chi connectivity index (χ1v) is 21.0. The summed E-state index contributed by atoms with van der Waals surface area (Å²) in [6.45, 7) is 0. The van der Waals surface area contributed by atoms with Crippen molar-refractivity contribution in [2.24, 2.45) is 0 Å². The van der Waals surface area contributed by atoms with Crippen molar-refractivity contribution in [2.75, 3.05) is 4.90 Å². The van der Waals surface area contributed by atoms with E-state index in [0.717, 1.165) is 50.1 Å². The molecule has 61 heavy (non-hydrogen) atoms. The van der Waals surface area contributed by atoms with Gasteiger partial charge in [-0.1, -0.05) is 182 Å². The number of hydrogen-bond acceptors (Lipinski definition) is 2. The van der Waals surface area contributed by atoms with Crippen LogP contribution < -0.4 is 4.90 Å². The molecule has 0 unspecified atom stereocenters. The van der Waals surface area contributed by atoms with Crippen LogP contribution in [-0.4, -0.2) is 0 Å². The molecule has 0 radical (unpaired) electrons. The van der Waals surface area contributed by atoms with Crippen LogP contribution in [0, 0.1) is 0 Å². The maximum atomic E-state index is 6.15. The Labute approximate surface area is 355 Å². The largest absolute Gasteiger partial charge is 0.456 e. The average molecular weight is 778 g/mol. The lowest BCUT2D eigenvalue weighted by atomic mass is 9.68. The quantitative estimate of drug-likeness (QED) is 0.160. The van der Waals surface area contributed by atoms with Crippen molar-refractivity contribution >= 4 is 49.8 Å². The Bertz CT molecular complexity index is 3350. The third kappa shape index (κ3) is 5.57. The highest BCUT2D eigenvalue weighted by Gasteiger charge is 2.45. The maximum Gasteiger partial charge on any atom is 0.135 e. The lowest BCUT2D eigenvalue weighted by Gasteiger charge is -2.34. The smallest absolute Gasteiger partial charge is 0.135 e. The van der Waals surface area contributed by atoms with Gasteiger partial charge in [-0.3, -0.25) is 0 Å². The Morgan fingerprint density at radius 2 is 0.803 bits per heavy atom. The van der Waals surface area contributed by atoms with Gasteiger partial charge in [0.05, 0.1) is 5.41 Å². The van der Waals surface area contributed by atoms with E-state index in [1.54, 1.807) is 0 Å². The van der Waals surface area contributed by atoms with Gasteiger partial charge in [-0.25, -0.2) is 0 Å². The first-order chi connectivity index (χ1) is 30.2. The van der Waals surface area contributed by atoms with Gasteiger partial charge in [-0.05, 0) is 121 Å². The summed E-state index contributed by atoms with van der Waals surface area (Å²) < 4.78 is 6.15. The number of furan rings is 1. The third-order valence-electron chi connectivity index (χ3n) is 12.8. The van der Waals surface area contributed by atoms with Gasteiger partial charge in [0.2, 0.25) is 0 Å². The second-order valence-corrected chi connectivity index (χ2v) is 16.0. The van der Waals surface area contributed by atoms with Gasteiger partial charge in [0.15, 0.2) is 0 Å². The Kier molecular flexibility index (Phi) is 8.11. The zero-order chi connectivity index (χ0) is 40.3. The van der Waals surface area contributed by atoms with Crippen LogP contribution in [0.4, 0.5) is 17.1 Å². The fourth-order valence-electron chi connectivity index (χ4n) is 10.00. The van der Waals surface area contributed by atoms with Gasteiger partial charge < -0.3 is 9.32 Å². The monoisotopic (exact) mass is 777 g/mol. The Morgan fingerprint density at radius 1 is 0.311 bits per heavy atom. The maximum absolute atomic E-state index is 6.15. The van der Waals surface area contributed by atoms with Gasteiger partial charge in [0.25, 0.3) is 0 Å². The highest BCUT2D eigenvalue weighted by Crippen LogP contribution is 2.56. The summed E-state index contributed by atoms with van der Waals surface area (Å²) in [4.78, 5) is 2.37. The molecule has 0 atom stereocenters. The van der Waals surface area contributed by atoms with Crippen LogP contribution in [0.15, 0.2) is 241 Å². The molecule has 2 heteroatoms. The van der Waals surface area contributed by atoms with E-state index in [1.807, 2.05) is 12.1 Å². The molecule has 10 aromatic carbocycles.